The number of carbonyl (C=O) groups excluding carboxylic acids is 1. The molecule has 204 valence electrons. The van der Waals surface area contributed by atoms with Gasteiger partial charge in [0, 0.05) is 5.39 Å². The van der Waals surface area contributed by atoms with Crippen LogP contribution in [-0.4, -0.2) is 29.2 Å². The predicted molar refractivity (Wildman–Crippen MR) is 161 cm³/mol. The third kappa shape index (κ3) is 4.87. The maximum Gasteiger partial charge on any atom is 0.338 e. The number of hydrogen-bond acceptors (Lipinski definition) is 7. The largest absolute Gasteiger partial charge is 0.497 e. The fourth-order valence-electron chi connectivity index (χ4n) is 5.15. The van der Waals surface area contributed by atoms with Crippen molar-refractivity contribution in [1.29, 1.82) is 0 Å². The van der Waals surface area contributed by atoms with Crippen molar-refractivity contribution >= 4 is 34.3 Å². The Bertz CT molecular complexity index is 1990. The minimum absolute atomic E-state index is 0.215. The van der Waals surface area contributed by atoms with Crippen molar-refractivity contribution in [2.45, 2.75) is 19.9 Å². The maximum atomic E-state index is 14.0. The van der Waals surface area contributed by atoms with Crippen molar-refractivity contribution in [3.8, 4) is 16.9 Å². The van der Waals surface area contributed by atoms with Gasteiger partial charge in [-0.15, -0.1) is 0 Å². The van der Waals surface area contributed by atoms with Gasteiger partial charge in [-0.3, -0.25) is 9.36 Å². The van der Waals surface area contributed by atoms with Crippen molar-refractivity contribution in [1.82, 2.24) is 9.55 Å². The minimum Gasteiger partial charge on any atom is -0.497 e. The Morgan fingerprint density at radius 2 is 1.76 bits per heavy atom. The highest BCUT2D eigenvalue weighted by molar-refractivity contribution is 7.07. The first-order valence-electron chi connectivity index (χ1n) is 13.3. The summed E-state index contributed by atoms with van der Waals surface area (Å²) in [6.45, 7) is 3.75. The third-order valence-electron chi connectivity index (χ3n) is 7.05. The third-order valence-corrected chi connectivity index (χ3v) is 8.03. The second-order valence-electron chi connectivity index (χ2n) is 9.55. The first kappa shape index (κ1) is 26.4. The van der Waals surface area contributed by atoms with Gasteiger partial charge >= 0.3 is 5.97 Å². The van der Waals surface area contributed by atoms with Crippen LogP contribution in [0, 0.1) is 0 Å². The quantitative estimate of drug-likeness (QED) is 0.272. The SMILES string of the molecule is CCOC(=O)C1=C(C)N=c2s/c(=C/c3cc(-c4ccccc4)c4ccccc4n3)c(=O)n2C1c1ccc(OC)cc1. The lowest BCUT2D eigenvalue weighted by Crippen LogP contribution is -2.39. The Labute approximate surface area is 240 Å². The van der Waals surface area contributed by atoms with Crippen molar-refractivity contribution < 1.29 is 14.3 Å². The highest BCUT2D eigenvalue weighted by atomic mass is 32.1. The molecule has 0 fully saturated rings. The molecular formula is C33H27N3O4S. The normalized spacial score (nSPS) is 15.0. The van der Waals surface area contributed by atoms with E-state index in [-0.39, 0.29) is 12.2 Å². The number of aromatic nitrogens is 2. The Morgan fingerprint density at radius 1 is 1.02 bits per heavy atom. The second kappa shape index (κ2) is 11.0. The Morgan fingerprint density at radius 3 is 2.49 bits per heavy atom. The van der Waals surface area contributed by atoms with Gasteiger partial charge in [0.2, 0.25) is 0 Å². The summed E-state index contributed by atoms with van der Waals surface area (Å²) in [6, 6.07) is 26.8. The zero-order valence-electron chi connectivity index (χ0n) is 22.8. The molecule has 0 amide bonds. The smallest absolute Gasteiger partial charge is 0.338 e. The molecule has 0 spiro atoms. The van der Waals surface area contributed by atoms with Crippen LogP contribution in [0.4, 0.5) is 0 Å². The van der Waals surface area contributed by atoms with E-state index < -0.39 is 12.0 Å². The molecule has 1 unspecified atom stereocenters. The fourth-order valence-corrected chi connectivity index (χ4v) is 6.19. The van der Waals surface area contributed by atoms with Crippen LogP contribution in [0.25, 0.3) is 28.1 Å². The van der Waals surface area contributed by atoms with E-state index in [4.69, 9.17) is 14.5 Å². The van der Waals surface area contributed by atoms with Gasteiger partial charge < -0.3 is 9.47 Å². The molecule has 0 aliphatic carbocycles. The molecule has 0 bridgehead atoms. The molecule has 2 aromatic heterocycles. The first-order valence-corrected chi connectivity index (χ1v) is 14.1. The molecule has 1 aliphatic heterocycles. The maximum absolute atomic E-state index is 14.0. The molecule has 7 nitrogen and oxygen atoms in total. The van der Waals surface area contributed by atoms with Crippen LogP contribution in [0.3, 0.4) is 0 Å². The summed E-state index contributed by atoms with van der Waals surface area (Å²) >= 11 is 1.28. The second-order valence-corrected chi connectivity index (χ2v) is 10.6. The number of carbonyl (C=O) groups is 1. The Hall–Kier alpha value is -4.82. The number of pyridine rings is 1. The summed E-state index contributed by atoms with van der Waals surface area (Å²) in [5.74, 6) is 0.184. The monoisotopic (exact) mass is 561 g/mol. The molecule has 5 aromatic rings. The summed E-state index contributed by atoms with van der Waals surface area (Å²) < 4.78 is 12.8. The molecule has 0 saturated carbocycles. The lowest BCUT2D eigenvalue weighted by molar-refractivity contribution is -0.139. The van der Waals surface area contributed by atoms with E-state index in [2.05, 4.69) is 23.2 Å². The highest BCUT2D eigenvalue weighted by Crippen LogP contribution is 2.32. The number of allylic oxidation sites excluding steroid dienone is 1. The number of methoxy groups -OCH3 is 1. The zero-order valence-corrected chi connectivity index (χ0v) is 23.6. The number of fused-ring (bicyclic) bond motifs is 2. The zero-order chi connectivity index (χ0) is 28.5. The fraction of sp³-hybridized carbons (Fsp3) is 0.152. The van der Waals surface area contributed by atoms with Crippen molar-refractivity contribution in [3.63, 3.8) is 0 Å². The summed E-state index contributed by atoms with van der Waals surface area (Å²) in [5.41, 5.74) is 4.97. The Kier molecular flexibility index (Phi) is 7.07. The van der Waals surface area contributed by atoms with Gasteiger partial charge in [0.1, 0.15) is 5.75 Å². The van der Waals surface area contributed by atoms with Gasteiger partial charge in [-0.2, -0.15) is 0 Å². The molecule has 0 radical (unpaired) electrons. The van der Waals surface area contributed by atoms with E-state index in [0.29, 0.717) is 32.0 Å². The van der Waals surface area contributed by atoms with E-state index in [9.17, 15) is 9.59 Å². The number of thiazole rings is 1. The van der Waals surface area contributed by atoms with Crippen LogP contribution in [0.2, 0.25) is 0 Å². The topological polar surface area (TPSA) is 82.8 Å². The summed E-state index contributed by atoms with van der Waals surface area (Å²) in [7, 11) is 1.59. The van der Waals surface area contributed by atoms with Crippen molar-refractivity contribution in [3.05, 3.63) is 127 Å². The summed E-state index contributed by atoms with van der Waals surface area (Å²) in [6.07, 6.45) is 1.80. The number of ether oxygens (including phenoxy) is 2. The van der Waals surface area contributed by atoms with E-state index in [1.165, 1.54) is 11.3 Å². The number of hydrogen-bond donors (Lipinski definition) is 0. The van der Waals surface area contributed by atoms with Gasteiger partial charge in [-0.1, -0.05) is 72.0 Å². The molecule has 6 rings (SSSR count). The van der Waals surface area contributed by atoms with E-state index in [1.807, 2.05) is 66.7 Å². The van der Waals surface area contributed by atoms with Gasteiger partial charge in [0.05, 0.1) is 46.8 Å². The molecule has 1 aliphatic rings. The van der Waals surface area contributed by atoms with Gasteiger partial charge in [-0.25, -0.2) is 14.8 Å². The molecule has 0 saturated heterocycles. The molecule has 3 heterocycles. The standard InChI is InChI=1S/C33H27N3O4S/c1-4-40-32(38)29-20(2)34-33-36(30(29)22-14-16-24(39-3)17-15-22)31(37)28(41-33)19-23-18-26(21-10-6-5-7-11-21)25-12-8-9-13-27(25)35-23/h5-19,30H,4H2,1-3H3/b28-19+. The van der Waals surface area contributed by atoms with Gasteiger partial charge in [0.15, 0.2) is 4.80 Å². The van der Waals surface area contributed by atoms with E-state index in [1.54, 1.807) is 31.6 Å². The van der Waals surface area contributed by atoms with Crippen LogP contribution >= 0.6 is 11.3 Å². The number of rotatable bonds is 6. The lowest BCUT2D eigenvalue weighted by atomic mass is 9.96. The minimum atomic E-state index is -0.692. The molecule has 1 atom stereocenters. The summed E-state index contributed by atoms with van der Waals surface area (Å²) in [5, 5.41) is 1.03. The molecule has 41 heavy (non-hydrogen) atoms. The van der Waals surface area contributed by atoms with Crippen LogP contribution in [-0.2, 0) is 9.53 Å². The lowest BCUT2D eigenvalue weighted by Gasteiger charge is -2.24. The van der Waals surface area contributed by atoms with Crippen LogP contribution in [0.1, 0.15) is 31.1 Å². The number of nitrogens with zero attached hydrogens (tertiary/aromatic N) is 3. The van der Waals surface area contributed by atoms with E-state index >= 15 is 0 Å². The van der Waals surface area contributed by atoms with Crippen LogP contribution in [0.15, 0.2) is 106 Å². The molecular weight excluding hydrogens is 534 g/mol. The average molecular weight is 562 g/mol. The predicted octanol–water partition coefficient (Wildman–Crippen LogP) is 5.02. The highest BCUT2D eigenvalue weighted by Gasteiger charge is 2.33. The Balaban J connectivity index is 1.55. The molecule has 3 aromatic carbocycles. The average Bonchev–Trinajstić information content (AvgIpc) is 3.30. The van der Waals surface area contributed by atoms with Gasteiger partial charge in [-0.05, 0) is 60.9 Å². The first-order chi connectivity index (χ1) is 20.0. The van der Waals surface area contributed by atoms with Crippen molar-refractivity contribution in [2.24, 2.45) is 4.99 Å². The van der Waals surface area contributed by atoms with Crippen molar-refractivity contribution in [2.75, 3.05) is 13.7 Å². The van der Waals surface area contributed by atoms with Crippen LogP contribution < -0.4 is 19.6 Å². The summed E-state index contributed by atoms with van der Waals surface area (Å²) in [4.78, 5) is 37.2. The van der Waals surface area contributed by atoms with E-state index in [0.717, 1.165) is 27.6 Å². The number of benzene rings is 3. The van der Waals surface area contributed by atoms with Crippen LogP contribution in [0.5, 0.6) is 5.75 Å². The molecule has 0 N–H and O–H groups in total. The molecule has 8 heteroatoms. The number of para-hydroxylation sites is 1. The number of esters is 1. The van der Waals surface area contributed by atoms with Gasteiger partial charge in [0.25, 0.3) is 5.56 Å².